The van der Waals surface area contributed by atoms with E-state index in [9.17, 15) is 0 Å². The fourth-order valence-corrected chi connectivity index (χ4v) is 2.43. The number of benzene rings is 1. The van der Waals surface area contributed by atoms with Crippen LogP contribution in [0.3, 0.4) is 0 Å². The zero-order valence-corrected chi connectivity index (χ0v) is 11.6. The van der Waals surface area contributed by atoms with E-state index in [2.05, 4.69) is 35.3 Å². The molecule has 102 valence electrons. The average Bonchev–Trinajstić information content (AvgIpc) is 2.44. The van der Waals surface area contributed by atoms with Gasteiger partial charge in [0.25, 0.3) is 0 Å². The van der Waals surface area contributed by atoms with Gasteiger partial charge in [0, 0.05) is 31.7 Å². The van der Waals surface area contributed by atoms with Crippen LogP contribution in [-0.2, 0) is 6.54 Å². The Morgan fingerprint density at radius 2 is 2.16 bits per heavy atom. The number of methoxy groups -OCH3 is 1. The Kier molecular flexibility index (Phi) is 4.78. The summed E-state index contributed by atoms with van der Waals surface area (Å²) in [5.74, 6) is 0.888. The highest BCUT2D eigenvalue weighted by molar-refractivity contribution is 5.27. The highest BCUT2D eigenvalue weighted by Gasteiger charge is 2.24. The summed E-state index contributed by atoms with van der Waals surface area (Å²) in [6, 6.07) is 11.2. The van der Waals surface area contributed by atoms with Gasteiger partial charge in [-0.3, -0.25) is 4.90 Å². The monoisotopic (exact) mass is 259 g/mol. The Labute approximate surface area is 115 Å². The van der Waals surface area contributed by atoms with Crippen LogP contribution in [0, 0.1) is 11.3 Å². The van der Waals surface area contributed by atoms with Crippen LogP contribution < -0.4 is 10.1 Å². The summed E-state index contributed by atoms with van der Waals surface area (Å²) < 4.78 is 5.17. The Morgan fingerprint density at radius 1 is 1.42 bits per heavy atom. The van der Waals surface area contributed by atoms with Gasteiger partial charge in [0.15, 0.2) is 0 Å². The molecule has 1 aromatic carbocycles. The number of nitrogens with zero attached hydrogens (tertiary/aromatic N) is 2. The number of ether oxygens (including phenoxy) is 1. The fourth-order valence-electron chi connectivity index (χ4n) is 2.43. The van der Waals surface area contributed by atoms with Crippen LogP contribution in [0.15, 0.2) is 24.3 Å². The molecular formula is C15H21N3O. The minimum atomic E-state index is 0.291. The molecular weight excluding hydrogens is 238 g/mol. The summed E-state index contributed by atoms with van der Waals surface area (Å²) >= 11 is 0. The lowest BCUT2D eigenvalue weighted by atomic mass is 10.1. The second kappa shape index (κ2) is 6.55. The molecule has 0 spiro atoms. The van der Waals surface area contributed by atoms with Crippen molar-refractivity contribution in [3.8, 4) is 11.8 Å². The van der Waals surface area contributed by atoms with Crippen LogP contribution in [0.2, 0.25) is 0 Å². The molecule has 19 heavy (non-hydrogen) atoms. The first-order valence-corrected chi connectivity index (χ1v) is 6.70. The number of rotatable bonds is 4. The molecule has 2 rings (SSSR count). The Balaban J connectivity index is 1.97. The first kappa shape index (κ1) is 13.9. The summed E-state index contributed by atoms with van der Waals surface area (Å²) in [7, 11) is 1.68. The van der Waals surface area contributed by atoms with Gasteiger partial charge < -0.3 is 10.1 Å². The number of nitriles is 1. The van der Waals surface area contributed by atoms with E-state index in [1.165, 1.54) is 5.56 Å². The normalized spacial score (nSPS) is 23.8. The molecule has 0 radical (unpaired) electrons. The SMILES string of the molecule is COc1ccc(CN2C[C@H](CC#N)NCC2C)cc1. The van der Waals surface area contributed by atoms with Crippen molar-refractivity contribution >= 4 is 0 Å². The third-order valence-electron chi connectivity index (χ3n) is 3.66. The third kappa shape index (κ3) is 3.69. The molecule has 1 heterocycles. The zero-order chi connectivity index (χ0) is 13.7. The molecule has 2 atom stereocenters. The summed E-state index contributed by atoms with van der Waals surface area (Å²) in [5.41, 5.74) is 1.28. The van der Waals surface area contributed by atoms with Crippen molar-refractivity contribution < 1.29 is 4.74 Å². The molecule has 1 aliphatic heterocycles. The van der Waals surface area contributed by atoms with E-state index in [0.29, 0.717) is 18.5 Å². The molecule has 0 bridgehead atoms. The van der Waals surface area contributed by atoms with Crippen LogP contribution in [0.4, 0.5) is 0 Å². The molecule has 1 saturated heterocycles. The molecule has 0 aromatic heterocycles. The van der Waals surface area contributed by atoms with Gasteiger partial charge in [-0.2, -0.15) is 5.26 Å². The molecule has 1 aromatic rings. The van der Waals surface area contributed by atoms with Crippen LogP contribution >= 0.6 is 0 Å². The van der Waals surface area contributed by atoms with E-state index in [-0.39, 0.29) is 0 Å². The lowest BCUT2D eigenvalue weighted by molar-refractivity contribution is 0.134. The quantitative estimate of drug-likeness (QED) is 0.895. The van der Waals surface area contributed by atoms with Crippen molar-refractivity contribution in [3.63, 3.8) is 0 Å². The van der Waals surface area contributed by atoms with Crippen LogP contribution in [-0.4, -0.2) is 37.2 Å². The van der Waals surface area contributed by atoms with Gasteiger partial charge in [-0.25, -0.2) is 0 Å². The number of nitrogens with one attached hydrogen (secondary N) is 1. The van der Waals surface area contributed by atoms with Gasteiger partial charge in [0.2, 0.25) is 0 Å². The molecule has 1 aliphatic rings. The fraction of sp³-hybridized carbons (Fsp3) is 0.533. The molecule has 4 heteroatoms. The lowest BCUT2D eigenvalue weighted by Gasteiger charge is -2.38. The molecule has 0 amide bonds. The van der Waals surface area contributed by atoms with Gasteiger partial charge in [0.05, 0.1) is 19.6 Å². The van der Waals surface area contributed by atoms with Crippen LogP contribution in [0.1, 0.15) is 18.9 Å². The Morgan fingerprint density at radius 3 is 2.79 bits per heavy atom. The van der Waals surface area contributed by atoms with Crippen molar-refractivity contribution in [2.24, 2.45) is 0 Å². The van der Waals surface area contributed by atoms with E-state index in [1.807, 2.05) is 12.1 Å². The predicted molar refractivity (Wildman–Crippen MR) is 74.9 cm³/mol. The van der Waals surface area contributed by atoms with Crippen molar-refractivity contribution in [1.82, 2.24) is 10.2 Å². The smallest absolute Gasteiger partial charge is 0.118 e. The van der Waals surface area contributed by atoms with Gasteiger partial charge in [-0.1, -0.05) is 12.1 Å². The molecule has 0 saturated carbocycles. The number of hydrogen-bond donors (Lipinski definition) is 1. The number of hydrogen-bond acceptors (Lipinski definition) is 4. The zero-order valence-electron chi connectivity index (χ0n) is 11.6. The molecule has 1 fully saturated rings. The predicted octanol–water partition coefficient (Wildman–Crippen LogP) is 1.77. The van der Waals surface area contributed by atoms with Gasteiger partial charge in [-0.05, 0) is 24.6 Å². The van der Waals surface area contributed by atoms with Crippen LogP contribution in [0.5, 0.6) is 5.75 Å². The largest absolute Gasteiger partial charge is 0.497 e. The lowest BCUT2D eigenvalue weighted by Crippen LogP contribution is -2.54. The topological polar surface area (TPSA) is 48.3 Å². The second-order valence-corrected chi connectivity index (χ2v) is 5.09. The Bertz CT molecular complexity index is 438. The van der Waals surface area contributed by atoms with Crippen molar-refractivity contribution in [2.45, 2.75) is 32.0 Å². The minimum Gasteiger partial charge on any atom is -0.497 e. The molecule has 1 N–H and O–H groups in total. The summed E-state index contributed by atoms with van der Waals surface area (Å²) in [5, 5.41) is 12.2. The van der Waals surface area contributed by atoms with Gasteiger partial charge in [-0.15, -0.1) is 0 Å². The third-order valence-corrected chi connectivity index (χ3v) is 3.66. The molecule has 1 unspecified atom stereocenters. The molecule has 4 nitrogen and oxygen atoms in total. The Hall–Kier alpha value is -1.57. The second-order valence-electron chi connectivity index (χ2n) is 5.09. The van der Waals surface area contributed by atoms with E-state index in [0.717, 1.165) is 25.4 Å². The van der Waals surface area contributed by atoms with E-state index in [1.54, 1.807) is 7.11 Å². The van der Waals surface area contributed by atoms with Gasteiger partial charge >= 0.3 is 0 Å². The van der Waals surface area contributed by atoms with Gasteiger partial charge in [0.1, 0.15) is 5.75 Å². The maximum absolute atomic E-state index is 8.80. The standard InChI is InChI=1S/C15H21N3O/c1-12-9-17-14(7-8-16)11-18(12)10-13-3-5-15(19-2)6-4-13/h3-6,12,14,17H,7,9-11H2,1-2H3/t12?,14-/m0/s1. The molecule has 0 aliphatic carbocycles. The van der Waals surface area contributed by atoms with Crippen molar-refractivity contribution in [2.75, 3.05) is 20.2 Å². The minimum absolute atomic E-state index is 0.291. The van der Waals surface area contributed by atoms with Crippen LogP contribution in [0.25, 0.3) is 0 Å². The maximum Gasteiger partial charge on any atom is 0.118 e. The maximum atomic E-state index is 8.80. The summed E-state index contributed by atoms with van der Waals surface area (Å²) in [6.45, 7) is 5.02. The summed E-state index contributed by atoms with van der Waals surface area (Å²) in [4.78, 5) is 2.43. The summed E-state index contributed by atoms with van der Waals surface area (Å²) in [6.07, 6.45) is 0.575. The highest BCUT2D eigenvalue weighted by Crippen LogP contribution is 2.16. The van der Waals surface area contributed by atoms with E-state index in [4.69, 9.17) is 10.00 Å². The van der Waals surface area contributed by atoms with E-state index < -0.39 is 0 Å². The van der Waals surface area contributed by atoms with E-state index >= 15 is 0 Å². The first-order chi connectivity index (χ1) is 9.22. The average molecular weight is 259 g/mol. The van der Waals surface area contributed by atoms with Crippen molar-refractivity contribution in [3.05, 3.63) is 29.8 Å². The highest BCUT2D eigenvalue weighted by atomic mass is 16.5. The van der Waals surface area contributed by atoms with Crippen molar-refractivity contribution in [1.29, 1.82) is 5.26 Å². The number of piperazine rings is 1. The first-order valence-electron chi connectivity index (χ1n) is 6.70.